The van der Waals surface area contributed by atoms with Crippen molar-refractivity contribution in [1.82, 2.24) is 0 Å². The van der Waals surface area contributed by atoms with Gasteiger partial charge in [-0.1, -0.05) is 34.1 Å². The lowest BCUT2D eigenvalue weighted by Gasteiger charge is -2.21. The van der Waals surface area contributed by atoms with E-state index in [1.54, 1.807) is 0 Å². The molecule has 0 unspecified atom stereocenters. The Hall–Kier alpha value is -1.81. The van der Waals surface area contributed by atoms with Crippen molar-refractivity contribution >= 4 is 33.2 Å². The molecule has 2 aromatic carbocycles. The molecule has 0 fully saturated rings. The molecule has 0 saturated carbocycles. The molecule has 4 heteroatoms. The third kappa shape index (κ3) is 4.60. The highest BCUT2D eigenvalue weighted by Crippen LogP contribution is 2.16. The van der Waals surface area contributed by atoms with Gasteiger partial charge in [-0.05, 0) is 43.3 Å². The summed E-state index contributed by atoms with van der Waals surface area (Å²) < 4.78 is 1.05. The van der Waals surface area contributed by atoms with Gasteiger partial charge in [-0.25, -0.2) is 0 Å². The lowest BCUT2D eigenvalue weighted by atomic mass is 10.2. The Morgan fingerprint density at radius 1 is 1.10 bits per heavy atom. The number of halogens is 1. The van der Waals surface area contributed by atoms with Gasteiger partial charge in [0.2, 0.25) is 5.91 Å². The Morgan fingerprint density at radius 3 is 2.38 bits per heavy atom. The number of rotatable bonds is 6. The minimum atomic E-state index is 0.133. The molecule has 1 amide bonds. The summed E-state index contributed by atoms with van der Waals surface area (Å²) in [5.41, 5.74) is 1.97. The average molecular weight is 347 g/mol. The third-order valence-corrected chi connectivity index (χ3v) is 3.73. The first-order valence-corrected chi connectivity index (χ1v) is 7.85. The number of hydrogen-bond acceptors (Lipinski definition) is 2. The largest absolute Gasteiger partial charge is 0.385 e. The molecule has 0 bridgehead atoms. The van der Waals surface area contributed by atoms with Gasteiger partial charge in [0.05, 0.1) is 0 Å². The summed E-state index contributed by atoms with van der Waals surface area (Å²) in [6.07, 6.45) is 0.471. The summed E-state index contributed by atoms with van der Waals surface area (Å²) in [7, 11) is 0. The third-order valence-electron chi connectivity index (χ3n) is 3.20. The van der Waals surface area contributed by atoms with Crippen molar-refractivity contribution < 1.29 is 4.79 Å². The summed E-state index contributed by atoms with van der Waals surface area (Å²) >= 11 is 3.40. The summed E-state index contributed by atoms with van der Waals surface area (Å²) in [5, 5.41) is 3.26. The van der Waals surface area contributed by atoms with Crippen molar-refractivity contribution in [2.45, 2.75) is 13.3 Å². The van der Waals surface area contributed by atoms with Crippen molar-refractivity contribution in [1.29, 1.82) is 0 Å². The first-order valence-electron chi connectivity index (χ1n) is 7.05. The van der Waals surface area contributed by atoms with Crippen LogP contribution in [0.5, 0.6) is 0 Å². The van der Waals surface area contributed by atoms with Gasteiger partial charge in [0.25, 0.3) is 0 Å². The van der Waals surface area contributed by atoms with Crippen LogP contribution in [-0.2, 0) is 4.79 Å². The second-order valence-electron chi connectivity index (χ2n) is 4.66. The highest BCUT2D eigenvalue weighted by molar-refractivity contribution is 9.10. The maximum absolute atomic E-state index is 12.3. The lowest BCUT2D eigenvalue weighted by Crippen LogP contribution is -2.31. The number of amides is 1. The molecule has 2 aromatic rings. The van der Waals surface area contributed by atoms with E-state index in [4.69, 9.17) is 0 Å². The van der Waals surface area contributed by atoms with Gasteiger partial charge in [-0.3, -0.25) is 4.79 Å². The molecule has 0 aliphatic rings. The maximum atomic E-state index is 12.3. The molecule has 0 spiro atoms. The Labute approximate surface area is 134 Å². The molecule has 0 heterocycles. The van der Waals surface area contributed by atoms with Crippen molar-refractivity contribution in [2.24, 2.45) is 0 Å². The monoisotopic (exact) mass is 346 g/mol. The quantitative estimate of drug-likeness (QED) is 0.845. The van der Waals surface area contributed by atoms with E-state index >= 15 is 0 Å². The number of benzene rings is 2. The van der Waals surface area contributed by atoms with E-state index < -0.39 is 0 Å². The second kappa shape index (κ2) is 7.84. The minimum absolute atomic E-state index is 0.133. The highest BCUT2D eigenvalue weighted by atomic mass is 79.9. The number of para-hydroxylation sites is 1. The number of nitrogens with zero attached hydrogens (tertiary/aromatic N) is 1. The SMILES string of the molecule is CCN(C(=O)CCNc1ccc(Br)cc1)c1ccccc1. The number of nitrogens with one attached hydrogen (secondary N) is 1. The van der Waals surface area contributed by atoms with E-state index in [-0.39, 0.29) is 5.91 Å². The van der Waals surface area contributed by atoms with Crippen LogP contribution in [0.3, 0.4) is 0 Å². The van der Waals surface area contributed by atoms with Crippen molar-refractivity contribution in [3.63, 3.8) is 0 Å². The van der Waals surface area contributed by atoms with E-state index in [0.717, 1.165) is 15.8 Å². The lowest BCUT2D eigenvalue weighted by molar-refractivity contribution is -0.118. The first-order chi connectivity index (χ1) is 10.2. The van der Waals surface area contributed by atoms with Crippen LogP contribution in [0.2, 0.25) is 0 Å². The zero-order valence-corrected chi connectivity index (χ0v) is 13.6. The van der Waals surface area contributed by atoms with Crippen LogP contribution in [0, 0.1) is 0 Å². The fourth-order valence-corrected chi connectivity index (χ4v) is 2.39. The predicted octanol–water partition coefficient (Wildman–Crippen LogP) is 4.30. The summed E-state index contributed by atoms with van der Waals surface area (Å²) in [4.78, 5) is 14.1. The number of carbonyl (C=O) groups excluding carboxylic acids is 1. The van der Waals surface area contributed by atoms with Gasteiger partial charge >= 0.3 is 0 Å². The molecule has 0 aromatic heterocycles. The van der Waals surface area contributed by atoms with Gasteiger partial charge in [0.15, 0.2) is 0 Å². The fraction of sp³-hybridized carbons (Fsp3) is 0.235. The number of hydrogen-bond donors (Lipinski definition) is 1. The number of carbonyl (C=O) groups is 1. The summed E-state index contributed by atoms with van der Waals surface area (Å²) in [6.45, 7) is 3.30. The van der Waals surface area contributed by atoms with Crippen LogP contribution in [0.15, 0.2) is 59.1 Å². The Balaban J connectivity index is 1.87. The molecule has 21 heavy (non-hydrogen) atoms. The molecule has 0 aliphatic carbocycles. The zero-order chi connectivity index (χ0) is 15.1. The molecular weight excluding hydrogens is 328 g/mol. The summed E-state index contributed by atoms with van der Waals surface area (Å²) in [6, 6.07) is 17.7. The predicted molar refractivity (Wildman–Crippen MR) is 91.7 cm³/mol. The molecule has 0 atom stereocenters. The Morgan fingerprint density at radius 2 is 1.76 bits per heavy atom. The average Bonchev–Trinajstić information content (AvgIpc) is 2.51. The second-order valence-corrected chi connectivity index (χ2v) is 5.57. The topological polar surface area (TPSA) is 32.3 Å². The molecule has 2 rings (SSSR count). The molecule has 3 nitrogen and oxygen atoms in total. The highest BCUT2D eigenvalue weighted by Gasteiger charge is 2.12. The smallest absolute Gasteiger partial charge is 0.228 e. The van der Waals surface area contributed by atoms with Crippen LogP contribution in [0.1, 0.15) is 13.3 Å². The fourth-order valence-electron chi connectivity index (χ4n) is 2.13. The van der Waals surface area contributed by atoms with Gasteiger partial charge in [-0.15, -0.1) is 0 Å². The van der Waals surface area contributed by atoms with Crippen LogP contribution in [0.4, 0.5) is 11.4 Å². The van der Waals surface area contributed by atoms with Gasteiger partial charge in [0.1, 0.15) is 0 Å². The molecule has 0 radical (unpaired) electrons. The molecule has 0 saturated heterocycles. The number of anilines is 2. The van der Waals surface area contributed by atoms with Crippen molar-refractivity contribution in [3.8, 4) is 0 Å². The van der Waals surface area contributed by atoms with Crippen LogP contribution in [-0.4, -0.2) is 19.0 Å². The molecule has 1 N–H and O–H groups in total. The van der Waals surface area contributed by atoms with Gasteiger partial charge in [-0.2, -0.15) is 0 Å². The van der Waals surface area contributed by atoms with Crippen LogP contribution >= 0.6 is 15.9 Å². The molecule has 0 aliphatic heterocycles. The first kappa shape index (κ1) is 15.6. The maximum Gasteiger partial charge on any atom is 0.228 e. The molecule has 110 valence electrons. The Kier molecular flexibility index (Phi) is 5.81. The normalized spacial score (nSPS) is 10.2. The van der Waals surface area contributed by atoms with E-state index in [9.17, 15) is 4.79 Å². The van der Waals surface area contributed by atoms with Crippen molar-refractivity contribution in [2.75, 3.05) is 23.3 Å². The van der Waals surface area contributed by atoms with E-state index in [0.29, 0.717) is 19.5 Å². The minimum Gasteiger partial charge on any atom is -0.385 e. The van der Waals surface area contributed by atoms with E-state index in [1.165, 1.54) is 0 Å². The van der Waals surface area contributed by atoms with Crippen LogP contribution in [0.25, 0.3) is 0 Å². The van der Waals surface area contributed by atoms with E-state index in [2.05, 4.69) is 21.2 Å². The van der Waals surface area contributed by atoms with E-state index in [1.807, 2.05) is 66.4 Å². The van der Waals surface area contributed by atoms with Gasteiger partial charge in [0, 0.05) is 35.4 Å². The zero-order valence-electron chi connectivity index (χ0n) is 12.1. The van der Waals surface area contributed by atoms with Crippen molar-refractivity contribution in [3.05, 3.63) is 59.1 Å². The summed E-state index contributed by atoms with van der Waals surface area (Å²) in [5.74, 6) is 0.133. The molecular formula is C17H19BrN2O. The standard InChI is InChI=1S/C17H19BrN2O/c1-2-20(16-6-4-3-5-7-16)17(21)12-13-19-15-10-8-14(18)9-11-15/h3-11,19H,2,12-13H2,1H3. The Bertz CT molecular complexity index is 569. The van der Waals surface area contributed by atoms with Gasteiger partial charge < -0.3 is 10.2 Å². The van der Waals surface area contributed by atoms with Crippen LogP contribution < -0.4 is 10.2 Å².